The second kappa shape index (κ2) is 6.17. The van der Waals surface area contributed by atoms with E-state index in [2.05, 4.69) is 15.9 Å². The van der Waals surface area contributed by atoms with Gasteiger partial charge in [0, 0.05) is 21.8 Å². The van der Waals surface area contributed by atoms with Crippen molar-refractivity contribution in [2.24, 2.45) is 5.73 Å². The van der Waals surface area contributed by atoms with Gasteiger partial charge >= 0.3 is 0 Å². The van der Waals surface area contributed by atoms with Crippen molar-refractivity contribution in [2.75, 3.05) is 6.54 Å². The number of nitrogens with two attached hydrogens (primary N) is 1. The van der Waals surface area contributed by atoms with Crippen LogP contribution in [-0.2, 0) is 0 Å². The molecule has 0 saturated carbocycles. The lowest BCUT2D eigenvalue weighted by Crippen LogP contribution is -2.20. The first kappa shape index (κ1) is 14.0. The van der Waals surface area contributed by atoms with Gasteiger partial charge in [-0.05, 0) is 23.8 Å². The van der Waals surface area contributed by atoms with Crippen LogP contribution in [0.15, 0.2) is 40.9 Å². The summed E-state index contributed by atoms with van der Waals surface area (Å²) >= 11 is 10.8. The van der Waals surface area contributed by atoms with Gasteiger partial charge in [-0.3, -0.25) is 0 Å². The predicted octanol–water partition coefficient (Wildman–Crippen LogP) is 3.94. The fourth-order valence-corrected chi connectivity index (χ4v) is 3.58. The highest BCUT2D eigenvalue weighted by Crippen LogP contribution is 2.37. The minimum atomic E-state index is -0.633. The molecule has 2 nitrogen and oxygen atoms in total. The van der Waals surface area contributed by atoms with Gasteiger partial charge in [0.05, 0.1) is 10.4 Å². The maximum atomic E-state index is 10.4. The van der Waals surface area contributed by atoms with Gasteiger partial charge < -0.3 is 10.8 Å². The molecule has 2 aromatic rings. The quantitative estimate of drug-likeness (QED) is 0.881. The van der Waals surface area contributed by atoms with E-state index in [9.17, 15) is 5.11 Å². The van der Waals surface area contributed by atoms with Gasteiger partial charge in [0.15, 0.2) is 0 Å². The molecule has 0 amide bonds. The Balaban J connectivity index is 2.32. The molecule has 2 unspecified atom stereocenters. The first-order valence-electron chi connectivity index (χ1n) is 5.51. The van der Waals surface area contributed by atoms with Crippen molar-refractivity contribution in [3.05, 3.63) is 55.6 Å². The van der Waals surface area contributed by atoms with Gasteiger partial charge in [-0.25, -0.2) is 0 Å². The van der Waals surface area contributed by atoms with Crippen molar-refractivity contribution in [3.63, 3.8) is 0 Å². The molecule has 0 aliphatic carbocycles. The second-order valence-corrected chi connectivity index (χ2v) is 6.55. The normalized spacial score (nSPS) is 14.4. The van der Waals surface area contributed by atoms with Gasteiger partial charge in [-0.15, -0.1) is 11.3 Å². The number of hydrogen-bond acceptors (Lipinski definition) is 3. The molecule has 0 saturated heterocycles. The number of aliphatic hydroxyl groups is 1. The fraction of sp³-hybridized carbons (Fsp3) is 0.231. The van der Waals surface area contributed by atoms with E-state index in [0.717, 1.165) is 14.9 Å². The molecule has 0 bridgehead atoms. The molecule has 3 N–H and O–H groups in total. The number of thiophene rings is 1. The fourth-order valence-electron chi connectivity index (χ4n) is 1.89. The molecule has 0 fully saturated rings. The lowest BCUT2D eigenvalue weighted by molar-refractivity contribution is 0.151. The summed E-state index contributed by atoms with van der Waals surface area (Å²) in [4.78, 5) is 0.839. The van der Waals surface area contributed by atoms with Gasteiger partial charge in [-0.1, -0.05) is 45.7 Å². The maximum absolute atomic E-state index is 10.4. The zero-order valence-corrected chi connectivity index (χ0v) is 12.7. The van der Waals surface area contributed by atoms with Crippen LogP contribution in [0.1, 0.15) is 22.5 Å². The third kappa shape index (κ3) is 2.95. The van der Waals surface area contributed by atoms with Crippen LogP contribution in [0.25, 0.3) is 0 Å². The highest BCUT2D eigenvalue weighted by atomic mass is 79.9. The second-order valence-electron chi connectivity index (χ2n) is 3.95. The van der Waals surface area contributed by atoms with Crippen LogP contribution in [0.3, 0.4) is 0 Å². The van der Waals surface area contributed by atoms with E-state index in [4.69, 9.17) is 17.3 Å². The van der Waals surface area contributed by atoms with E-state index in [1.165, 1.54) is 11.3 Å². The Morgan fingerprint density at radius 2 is 2.00 bits per heavy atom. The number of benzene rings is 1. The van der Waals surface area contributed by atoms with Crippen molar-refractivity contribution in [1.82, 2.24) is 0 Å². The van der Waals surface area contributed by atoms with E-state index < -0.39 is 6.10 Å². The summed E-state index contributed by atoms with van der Waals surface area (Å²) in [5.74, 6) is -0.143. The average Bonchev–Trinajstić information content (AvgIpc) is 2.79. The third-order valence-electron chi connectivity index (χ3n) is 2.83. The van der Waals surface area contributed by atoms with E-state index in [1.807, 2.05) is 30.3 Å². The van der Waals surface area contributed by atoms with Crippen molar-refractivity contribution >= 4 is 38.9 Å². The van der Waals surface area contributed by atoms with Crippen LogP contribution >= 0.6 is 38.9 Å². The van der Waals surface area contributed by atoms with Crippen LogP contribution in [-0.4, -0.2) is 11.7 Å². The van der Waals surface area contributed by atoms with Crippen LogP contribution in [0.4, 0.5) is 0 Å². The van der Waals surface area contributed by atoms with E-state index in [-0.39, 0.29) is 5.92 Å². The molecule has 18 heavy (non-hydrogen) atoms. The van der Waals surface area contributed by atoms with Crippen LogP contribution < -0.4 is 5.73 Å². The topological polar surface area (TPSA) is 46.2 Å². The summed E-state index contributed by atoms with van der Waals surface area (Å²) in [5.41, 5.74) is 6.82. The zero-order chi connectivity index (χ0) is 13.1. The Bertz CT molecular complexity index is 531. The minimum Gasteiger partial charge on any atom is -0.387 e. The van der Waals surface area contributed by atoms with Crippen molar-refractivity contribution in [1.29, 1.82) is 0 Å². The van der Waals surface area contributed by atoms with Gasteiger partial charge in [0.1, 0.15) is 0 Å². The Morgan fingerprint density at radius 3 is 2.56 bits per heavy atom. The maximum Gasteiger partial charge on any atom is 0.0963 e. The molecule has 0 aliphatic rings. The summed E-state index contributed by atoms with van der Waals surface area (Å²) in [5, 5.41) is 10.4. The molecule has 1 heterocycles. The lowest BCUT2D eigenvalue weighted by atomic mass is 9.92. The number of rotatable bonds is 4. The van der Waals surface area contributed by atoms with Gasteiger partial charge in [-0.2, -0.15) is 0 Å². The highest BCUT2D eigenvalue weighted by Gasteiger charge is 2.24. The highest BCUT2D eigenvalue weighted by molar-refractivity contribution is 9.10. The Hall–Kier alpha value is -0.390. The molecule has 1 aromatic heterocycles. The van der Waals surface area contributed by atoms with Gasteiger partial charge in [0.2, 0.25) is 0 Å². The molecule has 5 heteroatoms. The average molecular weight is 347 g/mol. The zero-order valence-electron chi connectivity index (χ0n) is 9.51. The number of aliphatic hydroxyl groups excluding tert-OH is 1. The molecule has 96 valence electrons. The third-order valence-corrected chi connectivity index (χ3v) is 4.85. The number of halogens is 2. The summed E-state index contributed by atoms with van der Waals surface area (Å²) in [6.07, 6.45) is -0.633. The number of hydrogen-bond donors (Lipinski definition) is 2. The van der Waals surface area contributed by atoms with E-state index in [0.29, 0.717) is 10.9 Å². The van der Waals surface area contributed by atoms with Crippen LogP contribution in [0, 0.1) is 0 Å². The SMILES string of the molecule is NCC(c1ccccc1Br)C(O)c1ccc(Cl)s1. The molecule has 0 spiro atoms. The molecular weight excluding hydrogens is 334 g/mol. The summed E-state index contributed by atoms with van der Waals surface area (Å²) in [6.45, 7) is 0.374. The van der Waals surface area contributed by atoms with Crippen molar-refractivity contribution < 1.29 is 5.11 Å². The van der Waals surface area contributed by atoms with Crippen molar-refractivity contribution in [3.8, 4) is 0 Å². The van der Waals surface area contributed by atoms with Gasteiger partial charge in [0.25, 0.3) is 0 Å². The van der Waals surface area contributed by atoms with E-state index in [1.54, 1.807) is 6.07 Å². The molecule has 2 rings (SSSR count). The summed E-state index contributed by atoms with van der Waals surface area (Å²) < 4.78 is 1.63. The molecule has 0 aliphatic heterocycles. The van der Waals surface area contributed by atoms with Crippen molar-refractivity contribution in [2.45, 2.75) is 12.0 Å². The Kier molecular flexibility index (Phi) is 4.81. The van der Waals surface area contributed by atoms with Crippen LogP contribution in [0.5, 0.6) is 0 Å². The van der Waals surface area contributed by atoms with Crippen LogP contribution in [0.2, 0.25) is 4.34 Å². The molecular formula is C13H13BrClNOS. The first-order valence-corrected chi connectivity index (χ1v) is 7.50. The van der Waals surface area contributed by atoms with E-state index >= 15 is 0 Å². The summed E-state index contributed by atoms with van der Waals surface area (Å²) in [6, 6.07) is 11.4. The molecule has 1 aromatic carbocycles. The summed E-state index contributed by atoms with van der Waals surface area (Å²) in [7, 11) is 0. The lowest BCUT2D eigenvalue weighted by Gasteiger charge is -2.22. The smallest absolute Gasteiger partial charge is 0.0963 e. The Labute approximate surface area is 124 Å². The minimum absolute atomic E-state index is 0.143. The standard InChI is InChI=1S/C13H13BrClNOS/c14-10-4-2-1-3-8(10)9(7-16)13(17)11-5-6-12(15)18-11/h1-6,9,13,17H,7,16H2. The molecule has 0 radical (unpaired) electrons. The Morgan fingerprint density at radius 1 is 1.28 bits per heavy atom. The molecule has 2 atom stereocenters. The first-order chi connectivity index (χ1) is 8.63. The predicted molar refractivity (Wildman–Crippen MR) is 80.2 cm³/mol. The monoisotopic (exact) mass is 345 g/mol. The largest absolute Gasteiger partial charge is 0.387 e.